The topological polar surface area (TPSA) is 110 Å². The van der Waals surface area contributed by atoms with Crippen molar-refractivity contribution in [2.45, 2.75) is 26.8 Å². The highest BCUT2D eigenvalue weighted by Gasteiger charge is 2.19. The molecule has 0 aliphatic heterocycles. The molecule has 0 spiro atoms. The average Bonchev–Trinajstić information content (AvgIpc) is 2.85. The Hall–Kier alpha value is -2.31. The van der Waals surface area contributed by atoms with E-state index in [1.807, 2.05) is 20.8 Å². The molecule has 1 amide bonds. The number of rotatable bonds is 3. The Morgan fingerprint density at radius 1 is 1.56 bits per heavy atom. The number of carbonyl (C=O) groups is 1. The Kier molecular flexibility index (Phi) is 3.05. The van der Waals surface area contributed by atoms with Crippen molar-refractivity contribution in [3.63, 3.8) is 0 Å². The lowest BCUT2D eigenvalue weighted by Gasteiger charge is -2.12. The fourth-order valence-electron chi connectivity index (χ4n) is 1.91. The van der Waals surface area contributed by atoms with E-state index in [2.05, 4.69) is 20.7 Å². The smallest absolute Gasteiger partial charge is 0.269 e. The van der Waals surface area contributed by atoms with Gasteiger partial charge in [-0.05, 0) is 20.8 Å². The van der Waals surface area contributed by atoms with E-state index in [1.54, 1.807) is 0 Å². The van der Waals surface area contributed by atoms with Gasteiger partial charge in [-0.15, -0.1) is 0 Å². The van der Waals surface area contributed by atoms with E-state index in [0.717, 1.165) is 11.3 Å². The number of carbonyl (C=O) groups excluding carboxylic acids is 1. The number of hydrogen-bond acceptors (Lipinski definition) is 5. The number of aromatic amines is 1. The van der Waals surface area contributed by atoms with Gasteiger partial charge in [0, 0.05) is 11.6 Å². The van der Waals surface area contributed by atoms with E-state index in [9.17, 15) is 4.79 Å². The van der Waals surface area contributed by atoms with Crippen molar-refractivity contribution in [3.8, 4) is 0 Å². The highest BCUT2D eigenvalue weighted by molar-refractivity contribution is 5.93. The first-order valence-corrected chi connectivity index (χ1v) is 5.53. The van der Waals surface area contributed by atoms with Gasteiger partial charge in [0.25, 0.3) is 5.91 Å². The molecule has 0 aromatic carbocycles. The highest BCUT2D eigenvalue weighted by Crippen LogP contribution is 2.21. The summed E-state index contributed by atoms with van der Waals surface area (Å²) in [4.78, 5) is 11.9. The number of aryl methyl sites for hydroxylation is 2. The first-order valence-electron chi connectivity index (χ1n) is 5.53. The lowest BCUT2D eigenvalue weighted by molar-refractivity contribution is 0.0934. The predicted octanol–water partition coefficient (Wildman–Crippen LogP) is 1.09. The predicted molar refractivity (Wildman–Crippen MR) is 64.9 cm³/mol. The summed E-state index contributed by atoms with van der Waals surface area (Å²) in [5, 5.41) is 12.9. The molecule has 0 fully saturated rings. The van der Waals surface area contributed by atoms with Gasteiger partial charge in [-0.3, -0.25) is 9.89 Å². The summed E-state index contributed by atoms with van der Waals surface area (Å²) in [6, 6.07) is 1.28. The standard InChI is InChI=1S/C11H15N5O2/c1-5(10-6(2)16-18-7(10)3)13-11(17)8-4-9(12)15-14-8/h4-5H,1-3H3,(H,13,17)(H3,12,14,15). The molecule has 7 nitrogen and oxygen atoms in total. The molecule has 18 heavy (non-hydrogen) atoms. The van der Waals surface area contributed by atoms with Gasteiger partial charge < -0.3 is 15.6 Å². The number of hydrogen-bond donors (Lipinski definition) is 3. The van der Waals surface area contributed by atoms with Crippen molar-refractivity contribution in [2.24, 2.45) is 0 Å². The minimum Gasteiger partial charge on any atom is -0.382 e. The summed E-state index contributed by atoms with van der Waals surface area (Å²) in [7, 11) is 0. The lowest BCUT2D eigenvalue weighted by Crippen LogP contribution is -2.27. The Balaban J connectivity index is 2.13. The van der Waals surface area contributed by atoms with E-state index < -0.39 is 0 Å². The molecule has 4 N–H and O–H groups in total. The summed E-state index contributed by atoms with van der Waals surface area (Å²) in [5.41, 5.74) is 7.42. The first-order chi connectivity index (χ1) is 8.49. The molecule has 1 atom stereocenters. The molecule has 0 bridgehead atoms. The molecule has 2 aromatic heterocycles. The number of aromatic nitrogens is 3. The van der Waals surface area contributed by atoms with Crippen molar-refractivity contribution in [2.75, 3.05) is 5.73 Å². The average molecular weight is 249 g/mol. The fourth-order valence-corrected chi connectivity index (χ4v) is 1.91. The molecule has 2 rings (SSSR count). The zero-order chi connectivity index (χ0) is 13.3. The van der Waals surface area contributed by atoms with E-state index in [0.29, 0.717) is 11.5 Å². The normalized spacial score (nSPS) is 12.4. The van der Waals surface area contributed by atoms with Crippen LogP contribution in [-0.4, -0.2) is 21.3 Å². The molecular weight excluding hydrogens is 234 g/mol. The van der Waals surface area contributed by atoms with Gasteiger partial charge in [0.1, 0.15) is 17.3 Å². The third kappa shape index (κ3) is 2.20. The molecule has 0 aliphatic carbocycles. The molecule has 1 unspecified atom stereocenters. The quantitative estimate of drug-likeness (QED) is 0.754. The summed E-state index contributed by atoms with van der Waals surface area (Å²) in [5.74, 6) is 0.710. The van der Waals surface area contributed by atoms with E-state index in [4.69, 9.17) is 10.3 Å². The fraction of sp³-hybridized carbons (Fsp3) is 0.364. The van der Waals surface area contributed by atoms with Crippen LogP contribution in [0, 0.1) is 13.8 Å². The molecule has 2 heterocycles. The minimum atomic E-state index is -0.272. The molecule has 2 aromatic rings. The number of anilines is 1. The van der Waals surface area contributed by atoms with Crippen molar-refractivity contribution in [3.05, 3.63) is 28.8 Å². The summed E-state index contributed by atoms with van der Waals surface area (Å²) < 4.78 is 5.07. The second-order valence-corrected chi connectivity index (χ2v) is 4.14. The van der Waals surface area contributed by atoms with E-state index in [1.165, 1.54) is 6.07 Å². The van der Waals surface area contributed by atoms with Crippen molar-refractivity contribution in [1.82, 2.24) is 20.7 Å². The van der Waals surface area contributed by atoms with Gasteiger partial charge in [-0.1, -0.05) is 5.16 Å². The summed E-state index contributed by atoms with van der Waals surface area (Å²) in [6.45, 7) is 5.51. The maximum Gasteiger partial charge on any atom is 0.269 e. The number of H-pyrrole nitrogens is 1. The van der Waals surface area contributed by atoms with Crippen LogP contribution >= 0.6 is 0 Å². The highest BCUT2D eigenvalue weighted by atomic mass is 16.5. The zero-order valence-corrected chi connectivity index (χ0v) is 10.4. The van der Waals surface area contributed by atoms with Gasteiger partial charge in [0.2, 0.25) is 0 Å². The number of nitrogens with two attached hydrogens (primary N) is 1. The Morgan fingerprint density at radius 3 is 2.78 bits per heavy atom. The zero-order valence-electron chi connectivity index (χ0n) is 10.4. The minimum absolute atomic E-state index is 0.201. The Morgan fingerprint density at radius 2 is 2.28 bits per heavy atom. The molecule has 0 radical (unpaired) electrons. The second-order valence-electron chi connectivity index (χ2n) is 4.14. The van der Waals surface area contributed by atoms with Crippen LogP contribution in [0.5, 0.6) is 0 Å². The van der Waals surface area contributed by atoms with Crippen LogP contribution < -0.4 is 11.1 Å². The van der Waals surface area contributed by atoms with E-state index >= 15 is 0 Å². The van der Waals surface area contributed by atoms with Crippen LogP contribution in [0.1, 0.15) is 40.5 Å². The summed E-state index contributed by atoms with van der Waals surface area (Å²) >= 11 is 0. The number of nitrogens with one attached hydrogen (secondary N) is 2. The van der Waals surface area contributed by atoms with Crippen molar-refractivity contribution < 1.29 is 9.32 Å². The largest absolute Gasteiger partial charge is 0.382 e. The monoisotopic (exact) mass is 249 g/mol. The maximum absolute atomic E-state index is 11.9. The van der Waals surface area contributed by atoms with E-state index in [-0.39, 0.29) is 17.8 Å². The first kappa shape index (κ1) is 12.2. The van der Waals surface area contributed by atoms with Gasteiger partial charge in [0.05, 0.1) is 11.7 Å². The van der Waals surface area contributed by atoms with Crippen molar-refractivity contribution >= 4 is 11.7 Å². The third-order valence-corrected chi connectivity index (χ3v) is 2.71. The Bertz CT molecular complexity index is 552. The van der Waals surface area contributed by atoms with Crippen molar-refractivity contribution in [1.29, 1.82) is 0 Å². The molecular formula is C11H15N5O2. The van der Waals surface area contributed by atoms with Crippen LogP contribution in [0.4, 0.5) is 5.82 Å². The molecule has 0 saturated heterocycles. The van der Waals surface area contributed by atoms with Crippen LogP contribution in [0.15, 0.2) is 10.6 Å². The second kappa shape index (κ2) is 4.52. The number of amides is 1. The molecule has 7 heteroatoms. The van der Waals surface area contributed by atoms with Crippen LogP contribution in [0.25, 0.3) is 0 Å². The van der Waals surface area contributed by atoms with Crippen LogP contribution in [0.3, 0.4) is 0 Å². The SMILES string of the molecule is Cc1noc(C)c1C(C)NC(=O)c1cc(N)n[nH]1. The third-order valence-electron chi connectivity index (χ3n) is 2.71. The molecule has 96 valence electrons. The van der Waals surface area contributed by atoms with Gasteiger partial charge in [0.15, 0.2) is 0 Å². The van der Waals surface area contributed by atoms with Gasteiger partial charge >= 0.3 is 0 Å². The van der Waals surface area contributed by atoms with Gasteiger partial charge in [-0.25, -0.2) is 0 Å². The van der Waals surface area contributed by atoms with Crippen LogP contribution in [-0.2, 0) is 0 Å². The lowest BCUT2D eigenvalue weighted by atomic mass is 10.1. The molecule has 0 saturated carbocycles. The number of nitrogen functional groups attached to an aromatic ring is 1. The van der Waals surface area contributed by atoms with Crippen LogP contribution in [0.2, 0.25) is 0 Å². The summed E-state index contributed by atoms with van der Waals surface area (Å²) in [6.07, 6.45) is 0. The van der Waals surface area contributed by atoms with Gasteiger partial charge in [-0.2, -0.15) is 5.10 Å². The Labute approximate surface area is 104 Å². The molecule has 0 aliphatic rings. The number of nitrogens with zero attached hydrogens (tertiary/aromatic N) is 2. The maximum atomic E-state index is 11.9.